The minimum absolute atomic E-state index is 0.0816. The van der Waals surface area contributed by atoms with Gasteiger partial charge in [-0.25, -0.2) is 15.0 Å². The second kappa shape index (κ2) is 12.8. The van der Waals surface area contributed by atoms with E-state index in [1.807, 2.05) is 11.8 Å². The smallest absolute Gasteiger partial charge is 0.243 e. The predicted octanol–water partition coefficient (Wildman–Crippen LogP) is 0.780. The van der Waals surface area contributed by atoms with Gasteiger partial charge in [0.15, 0.2) is 11.6 Å². The van der Waals surface area contributed by atoms with Gasteiger partial charge in [-0.2, -0.15) is 4.39 Å². The van der Waals surface area contributed by atoms with E-state index >= 15 is 4.39 Å². The number of hydroxylamine groups is 2. The number of β-amino-alcohol motifs (C(OH)–C–C–N with tert-alkyl or cyclic N) is 1. The van der Waals surface area contributed by atoms with Crippen LogP contribution >= 0.6 is 0 Å². The van der Waals surface area contributed by atoms with Crippen LogP contribution in [0, 0.1) is 17.7 Å². The van der Waals surface area contributed by atoms with Gasteiger partial charge in [0.05, 0.1) is 19.1 Å². The average molecular weight is 482 g/mol. The zero-order valence-corrected chi connectivity index (χ0v) is 19.7. The Balaban J connectivity index is 1.69. The molecule has 0 unspecified atom stereocenters. The van der Waals surface area contributed by atoms with E-state index in [1.165, 1.54) is 0 Å². The van der Waals surface area contributed by atoms with Crippen molar-refractivity contribution < 1.29 is 24.3 Å². The molecule has 0 bridgehead atoms. The van der Waals surface area contributed by atoms with Crippen LogP contribution in [-0.4, -0.2) is 88.4 Å². The van der Waals surface area contributed by atoms with Crippen LogP contribution in [0.3, 0.4) is 0 Å². The van der Waals surface area contributed by atoms with Gasteiger partial charge in [-0.05, 0) is 12.3 Å². The van der Waals surface area contributed by atoms with Crippen molar-refractivity contribution in [3.05, 3.63) is 11.6 Å². The lowest BCUT2D eigenvalue weighted by molar-refractivity contribution is -0.154. The number of nitrogens with zero attached hydrogens (tertiary/aromatic N) is 5. The molecule has 0 spiro atoms. The van der Waals surface area contributed by atoms with E-state index in [9.17, 15) is 14.8 Å². The van der Waals surface area contributed by atoms with E-state index in [4.69, 9.17) is 5.11 Å². The van der Waals surface area contributed by atoms with E-state index in [0.29, 0.717) is 62.4 Å². The molecule has 0 aromatic carbocycles. The summed E-state index contributed by atoms with van der Waals surface area (Å²) in [6.07, 6.45) is 5.54. The molecule has 1 aliphatic carbocycles. The molecule has 1 saturated carbocycles. The maximum atomic E-state index is 15.3. The first-order chi connectivity index (χ1) is 16.4. The molecule has 1 atom stereocenters. The molecule has 0 radical (unpaired) electrons. The van der Waals surface area contributed by atoms with Crippen LogP contribution in [0.15, 0.2) is 0 Å². The Morgan fingerprint density at radius 1 is 1.26 bits per heavy atom. The third kappa shape index (κ3) is 6.97. The molecule has 12 heteroatoms. The van der Waals surface area contributed by atoms with Crippen LogP contribution in [0.1, 0.15) is 44.9 Å². The molecule has 190 valence electrons. The SMILES string of the molecule is CCc1nc(NNC(=O)[C@H](CC2CCCC2)CN(O)C=O)c(F)c(N2CCN(CCO)CC2)n1. The van der Waals surface area contributed by atoms with Crippen molar-refractivity contribution in [3.63, 3.8) is 0 Å². The van der Waals surface area contributed by atoms with Crippen LogP contribution in [0.5, 0.6) is 0 Å². The van der Waals surface area contributed by atoms with Gasteiger partial charge in [0.2, 0.25) is 18.1 Å². The summed E-state index contributed by atoms with van der Waals surface area (Å²) in [5.74, 6) is -0.882. The maximum Gasteiger partial charge on any atom is 0.243 e. The number of aryl methyl sites for hydroxylation is 1. The van der Waals surface area contributed by atoms with Crippen molar-refractivity contribution >= 4 is 24.0 Å². The highest BCUT2D eigenvalue weighted by Crippen LogP contribution is 2.31. The molecule has 1 saturated heterocycles. The van der Waals surface area contributed by atoms with E-state index < -0.39 is 17.6 Å². The van der Waals surface area contributed by atoms with Gasteiger partial charge in [0.25, 0.3) is 0 Å². The molecule has 2 amide bonds. The van der Waals surface area contributed by atoms with Gasteiger partial charge in [-0.3, -0.25) is 30.5 Å². The van der Waals surface area contributed by atoms with Gasteiger partial charge in [0, 0.05) is 39.1 Å². The lowest BCUT2D eigenvalue weighted by Crippen LogP contribution is -2.48. The largest absolute Gasteiger partial charge is 0.395 e. The lowest BCUT2D eigenvalue weighted by Gasteiger charge is -2.35. The summed E-state index contributed by atoms with van der Waals surface area (Å²) in [5.41, 5.74) is 5.13. The molecule has 1 aromatic rings. The minimum atomic E-state index is -0.655. The third-order valence-electron chi connectivity index (χ3n) is 6.58. The summed E-state index contributed by atoms with van der Waals surface area (Å²) in [7, 11) is 0. The number of piperazine rings is 1. The molecular formula is C22H36FN7O4. The number of aliphatic hydroxyl groups is 1. The number of amides is 2. The molecule has 11 nitrogen and oxygen atoms in total. The van der Waals surface area contributed by atoms with Gasteiger partial charge >= 0.3 is 0 Å². The molecule has 2 heterocycles. The fraction of sp³-hybridized carbons (Fsp3) is 0.727. The third-order valence-corrected chi connectivity index (χ3v) is 6.58. The Bertz CT molecular complexity index is 817. The van der Waals surface area contributed by atoms with Crippen molar-refractivity contribution in [1.29, 1.82) is 0 Å². The number of carbonyl (C=O) groups is 2. The summed E-state index contributed by atoms with van der Waals surface area (Å²) in [4.78, 5) is 36.3. The highest BCUT2D eigenvalue weighted by Gasteiger charge is 2.28. The number of nitrogens with one attached hydrogen (secondary N) is 2. The van der Waals surface area contributed by atoms with E-state index in [2.05, 4.69) is 25.7 Å². The fourth-order valence-corrected chi connectivity index (χ4v) is 4.66. The van der Waals surface area contributed by atoms with Crippen molar-refractivity contribution in [2.24, 2.45) is 11.8 Å². The Morgan fingerprint density at radius 3 is 2.59 bits per heavy atom. The highest BCUT2D eigenvalue weighted by molar-refractivity contribution is 5.80. The van der Waals surface area contributed by atoms with Crippen LogP contribution in [-0.2, 0) is 16.0 Å². The normalized spacial score (nSPS) is 18.1. The van der Waals surface area contributed by atoms with Gasteiger partial charge < -0.3 is 10.0 Å². The van der Waals surface area contributed by atoms with Gasteiger partial charge in [-0.15, -0.1) is 0 Å². The molecule has 1 aromatic heterocycles. The zero-order valence-electron chi connectivity index (χ0n) is 19.7. The number of hydrazine groups is 1. The molecule has 4 N–H and O–H groups in total. The first-order valence-electron chi connectivity index (χ1n) is 12.1. The molecule has 1 aliphatic heterocycles. The molecule has 2 fully saturated rings. The first kappa shape index (κ1) is 26.0. The number of hydrogen-bond donors (Lipinski definition) is 4. The maximum absolute atomic E-state index is 15.3. The Labute approximate surface area is 199 Å². The zero-order chi connectivity index (χ0) is 24.5. The monoisotopic (exact) mass is 481 g/mol. The Hall–Kier alpha value is -2.57. The van der Waals surface area contributed by atoms with Crippen LogP contribution in [0.2, 0.25) is 0 Å². The molecule has 2 aliphatic rings. The number of hydrogen-bond acceptors (Lipinski definition) is 9. The van der Waals surface area contributed by atoms with E-state index in [-0.39, 0.29) is 31.2 Å². The summed E-state index contributed by atoms with van der Waals surface area (Å²) >= 11 is 0. The number of anilines is 2. The van der Waals surface area contributed by atoms with Crippen LogP contribution in [0.4, 0.5) is 16.0 Å². The van der Waals surface area contributed by atoms with Crippen molar-refractivity contribution in [2.45, 2.75) is 45.4 Å². The van der Waals surface area contributed by atoms with Crippen molar-refractivity contribution in [2.75, 3.05) is 56.2 Å². The second-order valence-corrected chi connectivity index (χ2v) is 8.96. The molecule has 34 heavy (non-hydrogen) atoms. The van der Waals surface area contributed by atoms with Crippen LogP contribution < -0.4 is 15.8 Å². The quantitative estimate of drug-likeness (QED) is 0.194. The van der Waals surface area contributed by atoms with Gasteiger partial charge in [-0.1, -0.05) is 32.6 Å². The van der Waals surface area contributed by atoms with E-state index in [1.54, 1.807) is 0 Å². The summed E-state index contributed by atoms with van der Waals surface area (Å²) in [6.45, 7) is 4.88. The number of rotatable bonds is 12. The number of halogens is 1. The molecule has 3 rings (SSSR count). The van der Waals surface area contributed by atoms with E-state index in [0.717, 1.165) is 25.7 Å². The van der Waals surface area contributed by atoms with Crippen LogP contribution in [0.25, 0.3) is 0 Å². The van der Waals surface area contributed by atoms with Gasteiger partial charge in [0.1, 0.15) is 5.82 Å². The highest BCUT2D eigenvalue weighted by atomic mass is 19.1. The topological polar surface area (TPSA) is 134 Å². The summed E-state index contributed by atoms with van der Waals surface area (Å²) in [5, 5.41) is 19.2. The summed E-state index contributed by atoms with van der Waals surface area (Å²) < 4.78 is 15.3. The first-order valence-corrected chi connectivity index (χ1v) is 12.1. The average Bonchev–Trinajstić information content (AvgIpc) is 3.36. The number of aromatic nitrogens is 2. The fourth-order valence-electron chi connectivity index (χ4n) is 4.66. The number of aliphatic hydroxyl groups excluding tert-OH is 1. The Morgan fingerprint density at radius 2 is 1.97 bits per heavy atom. The molecular weight excluding hydrogens is 445 g/mol. The Kier molecular flexibility index (Phi) is 9.78. The number of carbonyl (C=O) groups excluding carboxylic acids is 2. The summed E-state index contributed by atoms with van der Waals surface area (Å²) in [6, 6.07) is 0. The minimum Gasteiger partial charge on any atom is -0.395 e. The predicted molar refractivity (Wildman–Crippen MR) is 123 cm³/mol. The standard InChI is InChI=1S/C22H36FN7O4/c1-2-18-24-20(19(23)21(25-18)29-9-7-28(8-10-29)11-12-31)26-27-22(33)17(14-30(34)15-32)13-16-5-3-4-6-16/h15-17,31,34H,2-14H2,1H3,(H,27,33)(H,24,25,26)/t17-/m1/s1. The second-order valence-electron chi connectivity index (χ2n) is 8.96. The van der Waals surface area contributed by atoms with Crippen molar-refractivity contribution in [1.82, 2.24) is 25.4 Å². The van der Waals surface area contributed by atoms with Crippen molar-refractivity contribution in [3.8, 4) is 0 Å². The lowest BCUT2D eigenvalue weighted by atomic mass is 9.92.